The molecule has 7 rings (SSSR count). The third kappa shape index (κ3) is 2.74. The lowest BCUT2D eigenvalue weighted by Crippen LogP contribution is -2.63. The smallest absolute Gasteiger partial charge is 0.339 e. The van der Waals surface area contributed by atoms with Crippen LogP contribution in [0, 0.1) is 35.0 Å². The molecule has 2 N–H and O–H groups in total. The van der Waals surface area contributed by atoms with Crippen LogP contribution in [0.4, 0.5) is 0 Å². The molecule has 11 atom stereocenters. The average molecular weight is 529 g/mol. The Morgan fingerprint density at radius 3 is 2.55 bits per heavy atom. The van der Waals surface area contributed by atoms with Gasteiger partial charge in [-0.05, 0) is 75.9 Å². The molecule has 4 saturated heterocycles. The van der Waals surface area contributed by atoms with E-state index in [0.717, 1.165) is 0 Å². The molecule has 0 amide bonds. The standard InChI is InChI=1S/C29H36O9/c1-13(10-15-11-14(2)23(32)35-15)20-21-26(20,5)8-9-27-16(22(31)29(21,34)38-27)6-7-17-25(3,4)36-18-12-19(30)37-28(17,18)24(27)33/h10-11,13,16-18,20-21,24,33-34H,6-9,12H2,1-5H3/b15-10-/t13-,16+,17+,18-,20-,21+,24+,26-,27-,28+,29+/m1/s1. The van der Waals surface area contributed by atoms with Crippen molar-refractivity contribution >= 4 is 17.7 Å². The number of allylic oxidation sites excluding steroid dienone is 2. The van der Waals surface area contributed by atoms with E-state index in [1.165, 1.54) is 0 Å². The number of hydrogen-bond acceptors (Lipinski definition) is 9. The van der Waals surface area contributed by atoms with Gasteiger partial charge in [-0.15, -0.1) is 0 Å². The summed E-state index contributed by atoms with van der Waals surface area (Å²) in [6, 6.07) is 0. The number of ketones is 1. The number of fused-ring (bicyclic) bond motifs is 3. The largest absolute Gasteiger partial charge is 0.453 e. The lowest BCUT2D eigenvalue weighted by Gasteiger charge is -2.45. The molecule has 7 aliphatic rings. The van der Waals surface area contributed by atoms with Crippen LogP contribution in [0.2, 0.25) is 0 Å². The van der Waals surface area contributed by atoms with Crippen molar-refractivity contribution in [2.75, 3.05) is 0 Å². The van der Waals surface area contributed by atoms with Gasteiger partial charge in [0.25, 0.3) is 0 Å². The molecule has 2 aliphatic carbocycles. The third-order valence-electron chi connectivity index (χ3n) is 11.3. The highest BCUT2D eigenvalue weighted by atomic mass is 16.7. The van der Waals surface area contributed by atoms with Crippen molar-refractivity contribution in [3.8, 4) is 0 Å². The summed E-state index contributed by atoms with van der Waals surface area (Å²) < 4.78 is 24.1. The first-order valence-corrected chi connectivity index (χ1v) is 13.9. The Kier molecular flexibility index (Phi) is 4.70. The lowest BCUT2D eigenvalue weighted by atomic mass is 9.67. The van der Waals surface area contributed by atoms with Crippen molar-refractivity contribution in [2.24, 2.45) is 35.0 Å². The van der Waals surface area contributed by atoms with Crippen LogP contribution in [-0.4, -0.2) is 62.7 Å². The molecule has 0 aromatic rings. The van der Waals surface area contributed by atoms with E-state index in [1.54, 1.807) is 13.0 Å². The SMILES string of the molecule is CC1=C/C(=C/[C@@H](C)[C@@H]2[C@H]3[C@]2(C)CC[C@@]24O[C@]3(O)C(=O)[C@@H]2CC[C@H]2C(C)(C)O[C@@H]3CC(=O)O[C@]32[C@H]4O)OC1=O. The molecule has 2 spiro atoms. The fourth-order valence-electron chi connectivity index (χ4n) is 9.75. The monoisotopic (exact) mass is 528 g/mol. The van der Waals surface area contributed by atoms with Crippen LogP contribution in [-0.2, 0) is 33.3 Å². The fourth-order valence-corrected chi connectivity index (χ4v) is 9.75. The van der Waals surface area contributed by atoms with E-state index in [-0.39, 0.29) is 35.9 Å². The number of aliphatic hydroxyl groups excluding tert-OH is 1. The maximum Gasteiger partial charge on any atom is 0.339 e. The third-order valence-corrected chi connectivity index (χ3v) is 11.3. The zero-order valence-corrected chi connectivity index (χ0v) is 22.5. The van der Waals surface area contributed by atoms with Gasteiger partial charge >= 0.3 is 11.9 Å². The number of Topliss-reactive ketones (excluding diaryl/α,β-unsaturated/α-hetero) is 1. The van der Waals surface area contributed by atoms with E-state index in [2.05, 4.69) is 6.92 Å². The number of ether oxygens (including phenoxy) is 4. The van der Waals surface area contributed by atoms with E-state index in [1.807, 2.05) is 26.8 Å². The van der Waals surface area contributed by atoms with Crippen LogP contribution in [0.15, 0.2) is 23.5 Å². The highest BCUT2D eigenvalue weighted by molar-refractivity contribution is 5.93. The van der Waals surface area contributed by atoms with Gasteiger partial charge in [-0.1, -0.05) is 13.8 Å². The molecule has 6 fully saturated rings. The highest BCUT2D eigenvalue weighted by Gasteiger charge is 2.84. The number of hydrogen-bond donors (Lipinski definition) is 2. The molecular weight excluding hydrogens is 492 g/mol. The minimum atomic E-state index is -2.05. The minimum absolute atomic E-state index is 0.0447. The maximum absolute atomic E-state index is 14.1. The van der Waals surface area contributed by atoms with Crippen molar-refractivity contribution in [2.45, 2.75) is 102 Å². The molecule has 5 aliphatic heterocycles. The number of cyclic esters (lactones) is 1. The number of aliphatic hydroxyl groups is 2. The number of carbonyl (C=O) groups is 3. The molecule has 2 bridgehead atoms. The van der Waals surface area contributed by atoms with Crippen LogP contribution in [0.1, 0.15) is 66.7 Å². The van der Waals surface area contributed by atoms with Crippen molar-refractivity contribution in [1.82, 2.24) is 0 Å². The van der Waals surface area contributed by atoms with Crippen molar-refractivity contribution in [1.29, 1.82) is 0 Å². The second kappa shape index (κ2) is 7.16. The van der Waals surface area contributed by atoms with E-state index >= 15 is 0 Å². The Labute approximate surface area is 221 Å². The minimum Gasteiger partial charge on any atom is -0.453 e. The van der Waals surface area contributed by atoms with E-state index in [9.17, 15) is 24.6 Å². The van der Waals surface area contributed by atoms with Gasteiger partial charge in [-0.3, -0.25) is 9.59 Å². The fraction of sp³-hybridized carbons (Fsp3) is 0.759. The van der Waals surface area contributed by atoms with Gasteiger partial charge in [0.05, 0.1) is 17.9 Å². The predicted octanol–water partition coefficient (Wildman–Crippen LogP) is 2.33. The molecule has 0 unspecified atom stereocenters. The maximum atomic E-state index is 14.1. The second-order valence-corrected chi connectivity index (χ2v) is 13.6. The number of esters is 2. The number of carbonyl (C=O) groups excluding carboxylic acids is 3. The quantitative estimate of drug-likeness (QED) is 0.519. The van der Waals surface area contributed by atoms with Crippen LogP contribution in [0.25, 0.3) is 0 Å². The van der Waals surface area contributed by atoms with Crippen LogP contribution < -0.4 is 0 Å². The van der Waals surface area contributed by atoms with Crippen molar-refractivity contribution in [3.63, 3.8) is 0 Å². The molecule has 38 heavy (non-hydrogen) atoms. The number of rotatable bonds is 2. The topological polar surface area (TPSA) is 129 Å². The van der Waals surface area contributed by atoms with Crippen LogP contribution in [0.5, 0.6) is 0 Å². The molecule has 9 heteroatoms. The molecule has 5 heterocycles. The molecule has 0 aromatic carbocycles. The van der Waals surface area contributed by atoms with Gasteiger partial charge in [-0.2, -0.15) is 0 Å². The second-order valence-electron chi connectivity index (χ2n) is 13.6. The zero-order chi connectivity index (χ0) is 27.2. The average Bonchev–Trinajstić information content (AvgIpc) is 2.97. The first-order chi connectivity index (χ1) is 17.7. The summed E-state index contributed by atoms with van der Waals surface area (Å²) in [5, 5.41) is 24.2. The summed E-state index contributed by atoms with van der Waals surface area (Å²) in [5.41, 5.74) is -3.21. The highest BCUT2D eigenvalue weighted by Crippen LogP contribution is 2.75. The van der Waals surface area contributed by atoms with Gasteiger partial charge in [0.1, 0.15) is 23.6 Å². The van der Waals surface area contributed by atoms with Gasteiger partial charge in [-0.25, -0.2) is 4.79 Å². The summed E-state index contributed by atoms with van der Waals surface area (Å²) in [4.78, 5) is 38.4. The first-order valence-electron chi connectivity index (χ1n) is 13.9. The zero-order valence-electron chi connectivity index (χ0n) is 22.5. The van der Waals surface area contributed by atoms with E-state index < -0.39 is 58.0 Å². The normalized spacial score (nSPS) is 53.7. The Bertz CT molecular complexity index is 1230. The first kappa shape index (κ1) is 24.9. The predicted molar refractivity (Wildman–Crippen MR) is 130 cm³/mol. The van der Waals surface area contributed by atoms with Gasteiger partial charge < -0.3 is 29.2 Å². The van der Waals surface area contributed by atoms with Crippen LogP contribution in [0.3, 0.4) is 0 Å². The lowest BCUT2D eigenvalue weighted by molar-refractivity contribution is -0.276. The molecule has 0 aromatic heterocycles. The van der Waals surface area contributed by atoms with Gasteiger partial charge in [0, 0.05) is 17.4 Å². The van der Waals surface area contributed by atoms with Gasteiger partial charge in [0.15, 0.2) is 11.4 Å². The van der Waals surface area contributed by atoms with E-state index in [0.29, 0.717) is 37.0 Å². The Balaban J connectivity index is 1.26. The van der Waals surface area contributed by atoms with Gasteiger partial charge in [0.2, 0.25) is 5.79 Å². The molecule has 0 radical (unpaired) electrons. The Morgan fingerprint density at radius 2 is 1.87 bits per heavy atom. The summed E-state index contributed by atoms with van der Waals surface area (Å²) in [5.74, 6) is -4.40. The molecular formula is C29H36O9. The summed E-state index contributed by atoms with van der Waals surface area (Å²) in [6.07, 6.45) is 3.58. The van der Waals surface area contributed by atoms with E-state index in [4.69, 9.17) is 18.9 Å². The summed E-state index contributed by atoms with van der Waals surface area (Å²) in [6.45, 7) is 9.65. The van der Waals surface area contributed by atoms with Crippen molar-refractivity contribution in [3.05, 3.63) is 23.5 Å². The summed E-state index contributed by atoms with van der Waals surface area (Å²) >= 11 is 0. The Hall–Kier alpha value is -2.07. The summed E-state index contributed by atoms with van der Waals surface area (Å²) in [7, 11) is 0. The van der Waals surface area contributed by atoms with Crippen molar-refractivity contribution < 1.29 is 43.5 Å². The molecule has 206 valence electrons. The Morgan fingerprint density at radius 1 is 1.13 bits per heavy atom. The molecule has 2 saturated carbocycles. The molecule has 9 nitrogen and oxygen atoms in total. The van der Waals surface area contributed by atoms with Crippen LogP contribution >= 0.6 is 0 Å².